The van der Waals surface area contributed by atoms with Crippen LogP contribution in [0.5, 0.6) is 0 Å². The fourth-order valence-electron chi connectivity index (χ4n) is 2.19. The van der Waals surface area contributed by atoms with Crippen LogP contribution in [0.3, 0.4) is 0 Å². The first kappa shape index (κ1) is 12.7. The third-order valence-corrected chi connectivity index (χ3v) is 3.40. The summed E-state index contributed by atoms with van der Waals surface area (Å²) >= 11 is 6.07. The van der Waals surface area contributed by atoms with Gasteiger partial charge in [-0.3, -0.25) is 9.36 Å². The number of aromatic nitrogens is 4. The molecule has 0 saturated heterocycles. The van der Waals surface area contributed by atoms with Crippen molar-refractivity contribution in [3.63, 3.8) is 0 Å². The lowest BCUT2D eigenvalue weighted by Crippen LogP contribution is -1.97. The van der Waals surface area contributed by atoms with Crippen LogP contribution in [0.25, 0.3) is 22.5 Å². The van der Waals surface area contributed by atoms with Crippen molar-refractivity contribution in [1.82, 2.24) is 19.6 Å². The van der Waals surface area contributed by atoms with Gasteiger partial charge >= 0.3 is 0 Å². The van der Waals surface area contributed by atoms with E-state index in [4.69, 9.17) is 17.3 Å². The van der Waals surface area contributed by atoms with Gasteiger partial charge in [-0.1, -0.05) is 23.7 Å². The van der Waals surface area contributed by atoms with E-state index >= 15 is 0 Å². The molecule has 0 amide bonds. The van der Waals surface area contributed by atoms with Crippen LogP contribution >= 0.6 is 11.6 Å². The quantitative estimate of drug-likeness (QED) is 0.788. The van der Waals surface area contributed by atoms with E-state index in [0.29, 0.717) is 10.8 Å². The van der Waals surface area contributed by atoms with Crippen molar-refractivity contribution in [3.05, 3.63) is 41.6 Å². The van der Waals surface area contributed by atoms with Gasteiger partial charge in [0.25, 0.3) is 0 Å². The largest absolute Gasteiger partial charge is 0.383 e. The maximum absolute atomic E-state index is 6.15. The smallest absolute Gasteiger partial charge is 0.129 e. The Bertz CT molecular complexity index is 772. The lowest BCUT2D eigenvalue weighted by Gasteiger charge is -2.03. The van der Waals surface area contributed by atoms with Crippen molar-refractivity contribution in [2.45, 2.75) is 0 Å². The number of halogens is 1. The van der Waals surface area contributed by atoms with Gasteiger partial charge in [0.1, 0.15) is 17.2 Å². The third kappa shape index (κ3) is 2.06. The Morgan fingerprint density at radius 3 is 2.60 bits per heavy atom. The van der Waals surface area contributed by atoms with Crippen molar-refractivity contribution < 1.29 is 0 Å². The Hall–Kier alpha value is -2.27. The number of nitrogen functional groups attached to an aromatic ring is 1. The highest BCUT2D eigenvalue weighted by molar-refractivity contribution is 6.30. The maximum Gasteiger partial charge on any atom is 0.129 e. The van der Waals surface area contributed by atoms with Gasteiger partial charge in [-0.05, 0) is 23.8 Å². The Kier molecular flexibility index (Phi) is 2.99. The lowest BCUT2D eigenvalue weighted by atomic mass is 10.0. The van der Waals surface area contributed by atoms with Crippen LogP contribution in [0.15, 0.2) is 36.5 Å². The zero-order chi connectivity index (χ0) is 14.3. The first-order chi connectivity index (χ1) is 9.56. The highest BCUT2D eigenvalue weighted by atomic mass is 35.5. The minimum atomic E-state index is 0.591. The van der Waals surface area contributed by atoms with Gasteiger partial charge in [-0.15, -0.1) is 0 Å². The standard InChI is InChI=1S/C14H14ClN5/c1-19-7-6-11(17-19)13-12(14(16)20(2)18-13)9-4-3-5-10(15)8-9/h3-8H,16H2,1-2H3. The van der Waals surface area contributed by atoms with E-state index in [9.17, 15) is 0 Å². The summed E-state index contributed by atoms with van der Waals surface area (Å²) in [4.78, 5) is 0. The molecule has 0 atom stereocenters. The molecular formula is C14H14ClN5. The molecule has 0 unspecified atom stereocenters. The molecule has 0 radical (unpaired) electrons. The summed E-state index contributed by atoms with van der Waals surface area (Å²) in [6.07, 6.45) is 1.88. The topological polar surface area (TPSA) is 61.7 Å². The molecule has 0 aliphatic heterocycles. The normalized spacial score (nSPS) is 10.9. The highest BCUT2D eigenvalue weighted by Crippen LogP contribution is 2.35. The van der Waals surface area contributed by atoms with Crippen molar-refractivity contribution in [2.24, 2.45) is 14.1 Å². The fraction of sp³-hybridized carbons (Fsp3) is 0.143. The summed E-state index contributed by atoms with van der Waals surface area (Å²) in [7, 11) is 3.69. The van der Waals surface area contributed by atoms with E-state index in [1.54, 1.807) is 9.36 Å². The number of nitrogens with zero attached hydrogens (tertiary/aromatic N) is 4. The van der Waals surface area contributed by atoms with Gasteiger partial charge in [0, 0.05) is 25.3 Å². The van der Waals surface area contributed by atoms with Crippen molar-refractivity contribution in [1.29, 1.82) is 0 Å². The molecule has 0 spiro atoms. The minimum absolute atomic E-state index is 0.591. The van der Waals surface area contributed by atoms with Crippen LogP contribution in [0, 0.1) is 0 Å². The molecule has 0 saturated carbocycles. The van der Waals surface area contributed by atoms with Crippen LogP contribution in [-0.4, -0.2) is 19.6 Å². The predicted molar refractivity (Wildman–Crippen MR) is 80.3 cm³/mol. The van der Waals surface area contributed by atoms with E-state index in [2.05, 4.69) is 10.2 Å². The van der Waals surface area contributed by atoms with Crippen LogP contribution in [0.1, 0.15) is 0 Å². The van der Waals surface area contributed by atoms with E-state index in [1.165, 1.54) is 0 Å². The second-order valence-corrected chi connectivity index (χ2v) is 5.05. The summed E-state index contributed by atoms with van der Waals surface area (Å²) in [6.45, 7) is 0. The van der Waals surface area contributed by atoms with Gasteiger partial charge < -0.3 is 5.73 Å². The molecule has 0 bridgehead atoms. The van der Waals surface area contributed by atoms with Crippen LogP contribution < -0.4 is 5.73 Å². The lowest BCUT2D eigenvalue weighted by molar-refractivity contribution is 0.760. The van der Waals surface area contributed by atoms with Crippen LogP contribution in [-0.2, 0) is 14.1 Å². The average Bonchev–Trinajstić information content (AvgIpc) is 2.95. The molecule has 102 valence electrons. The summed E-state index contributed by atoms with van der Waals surface area (Å²) in [5, 5.41) is 9.53. The predicted octanol–water partition coefficient (Wildman–Crippen LogP) is 2.72. The van der Waals surface area contributed by atoms with E-state index in [0.717, 1.165) is 22.5 Å². The number of rotatable bonds is 2. The van der Waals surface area contributed by atoms with Gasteiger partial charge in [-0.2, -0.15) is 10.2 Å². The highest BCUT2D eigenvalue weighted by Gasteiger charge is 2.19. The summed E-state index contributed by atoms with van der Waals surface area (Å²) in [5.41, 5.74) is 9.49. The number of benzene rings is 1. The van der Waals surface area contributed by atoms with Crippen molar-refractivity contribution in [2.75, 3.05) is 5.73 Å². The first-order valence-electron chi connectivity index (χ1n) is 6.14. The van der Waals surface area contributed by atoms with E-state index < -0.39 is 0 Å². The molecule has 0 aliphatic carbocycles. The maximum atomic E-state index is 6.15. The molecule has 0 fully saturated rings. The zero-order valence-electron chi connectivity index (χ0n) is 11.2. The zero-order valence-corrected chi connectivity index (χ0v) is 12.0. The molecule has 2 aromatic heterocycles. The molecule has 2 heterocycles. The van der Waals surface area contributed by atoms with Gasteiger partial charge in [-0.25, -0.2) is 0 Å². The number of hydrogen-bond acceptors (Lipinski definition) is 3. The Morgan fingerprint density at radius 1 is 1.15 bits per heavy atom. The number of anilines is 1. The molecule has 3 rings (SSSR count). The molecular weight excluding hydrogens is 274 g/mol. The van der Waals surface area contributed by atoms with Crippen molar-refractivity contribution >= 4 is 17.4 Å². The van der Waals surface area contributed by atoms with Gasteiger partial charge in [0.15, 0.2) is 0 Å². The molecule has 3 aromatic rings. The van der Waals surface area contributed by atoms with E-state index in [1.807, 2.05) is 50.6 Å². The summed E-state index contributed by atoms with van der Waals surface area (Å²) < 4.78 is 3.39. The van der Waals surface area contributed by atoms with Crippen LogP contribution in [0.4, 0.5) is 5.82 Å². The molecule has 1 aromatic carbocycles. The minimum Gasteiger partial charge on any atom is -0.383 e. The molecule has 20 heavy (non-hydrogen) atoms. The second kappa shape index (κ2) is 4.68. The summed E-state index contributed by atoms with van der Waals surface area (Å²) in [6, 6.07) is 9.48. The molecule has 2 N–H and O–H groups in total. The molecule has 6 heteroatoms. The monoisotopic (exact) mass is 287 g/mol. The third-order valence-electron chi connectivity index (χ3n) is 3.16. The Balaban J connectivity index is 2.24. The SMILES string of the molecule is Cn1ccc(-c2nn(C)c(N)c2-c2cccc(Cl)c2)n1. The average molecular weight is 288 g/mol. The second-order valence-electron chi connectivity index (χ2n) is 4.62. The first-order valence-corrected chi connectivity index (χ1v) is 6.52. The van der Waals surface area contributed by atoms with Gasteiger partial charge in [0.05, 0.1) is 5.56 Å². The Labute approximate surface area is 121 Å². The van der Waals surface area contributed by atoms with Gasteiger partial charge in [0.2, 0.25) is 0 Å². The number of hydrogen-bond donors (Lipinski definition) is 1. The van der Waals surface area contributed by atoms with Crippen LogP contribution in [0.2, 0.25) is 5.02 Å². The fourth-order valence-corrected chi connectivity index (χ4v) is 2.38. The van der Waals surface area contributed by atoms with E-state index in [-0.39, 0.29) is 0 Å². The van der Waals surface area contributed by atoms with Crippen molar-refractivity contribution in [3.8, 4) is 22.5 Å². The molecule has 0 aliphatic rings. The number of nitrogens with two attached hydrogens (primary N) is 1. The summed E-state index contributed by atoms with van der Waals surface area (Å²) in [5.74, 6) is 0.591. The molecule has 5 nitrogen and oxygen atoms in total. The Morgan fingerprint density at radius 2 is 1.95 bits per heavy atom. The number of aryl methyl sites for hydroxylation is 2.